The van der Waals surface area contributed by atoms with Crippen molar-refractivity contribution in [3.05, 3.63) is 84.1 Å². The molecule has 4 nitrogen and oxygen atoms in total. The summed E-state index contributed by atoms with van der Waals surface area (Å²) in [6.45, 7) is 2.65. The molecule has 1 saturated carbocycles. The predicted molar refractivity (Wildman–Crippen MR) is 127 cm³/mol. The van der Waals surface area contributed by atoms with E-state index < -0.39 is 0 Å². The minimum Gasteiger partial charge on any atom is -0.485 e. The smallest absolute Gasteiger partial charge is 0.181 e. The zero-order valence-electron chi connectivity index (χ0n) is 18.1. The van der Waals surface area contributed by atoms with E-state index in [9.17, 15) is 0 Å². The van der Waals surface area contributed by atoms with E-state index in [1.54, 1.807) is 0 Å². The number of ether oxygens (including phenoxy) is 1. The Balaban J connectivity index is 1.55. The summed E-state index contributed by atoms with van der Waals surface area (Å²) in [5, 5.41) is 3.84. The van der Waals surface area contributed by atoms with Crippen molar-refractivity contribution < 1.29 is 4.74 Å². The van der Waals surface area contributed by atoms with Crippen LogP contribution in [0.5, 0.6) is 5.75 Å². The van der Waals surface area contributed by atoms with Crippen molar-refractivity contribution in [3.63, 3.8) is 0 Å². The summed E-state index contributed by atoms with van der Waals surface area (Å²) in [6.07, 6.45) is 8.43. The highest BCUT2D eigenvalue weighted by molar-refractivity contribution is 5.79. The van der Waals surface area contributed by atoms with Gasteiger partial charge in [0.2, 0.25) is 0 Å². The van der Waals surface area contributed by atoms with Crippen molar-refractivity contribution in [1.82, 2.24) is 9.38 Å². The Morgan fingerprint density at radius 3 is 2.61 bits per heavy atom. The van der Waals surface area contributed by atoms with E-state index in [-0.39, 0.29) is 0 Å². The molecular formula is C27H29N3O. The van der Waals surface area contributed by atoms with E-state index in [2.05, 4.69) is 59.2 Å². The van der Waals surface area contributed by atoms with E-state index in [1.165, 1.54) is 37.7 Å². The quantitative estimate of drug-likeness (QED) is 0.387. The topological polar surface area (TPSA) is 38.6 Å². The molecule has 0 radical (unpaired) electrons. The van der Waals surface area contributed by atoms with Crippen LogP contribution in [0.2, 0.25) is 0 Å². The molecule has 0 bridgehead atoms. The molecule has 4 heteroatoms. The van der Waals surface area contributed by atoms with Crippen LogP contribution in [0.25, 0.3) is 16.9 Å². The normalized spacial score (nSPS) is 14.6. The van der Waals surface area contributed by atoms with Crippen LogP contribution in [0.4, 0.5) is 5.82 Å². The summed E-state index contributed by atoms with van der Waals surface area (Å²) < 4.78 is 8.37. The number of fused-ring (bicyclic) bond motifs is 1. The van der Waals surface area contributed by atoms with Crippen LogP contribution < -0.4 is 10.1 Å². The maximum atomic E-state index is 6.21. The van der Waals surface area contributed by atoms with E-state index in [4.69, 9.17) is 9.72 Å². The highest BCUT2D eigenvalue weighted by Crippen LogP contribution is 2.34. The molecular weight excluding hydrogens is 382 g/mol. The summed E-state index contributed by atoms with van der Waals surface area (Å²) in [5.74, 6) is 1.87. The fraction of sp³-hybridized carbons (Fsp3) is 0.296. The van der Waals surface area contributed by atoms with Crippen LogP contribution >= 0.6 is 0 Å². The van der Waals surface area contributed by atoms with Gasteiger partial charge in [0, 0.05) is 17.8 Å². The molecule has 31 heavy (non-hydrogen) atoms. The summed E-state index contributed by atoms with van der Waals surface area (Å²) in [7, 11) is 0. The zero-order valence-corrected chi connectivity index (χ0v) is 18.1. The van der Waals surface area contributed by atoms with Gasteiger partial charge in [0.1, 0.15) is 18.1 Å². The van der Waals surface area contributed by atoms with Crippen LogP contribution in [-0.2, 0) is 6.61 Å². The lowest BCUT2D eigenvalue weighted by Crippen LogP contribution is -2.23. The lowest BCUT2D eigenvalue weighted by molar-refractivity contribution is 0.308. The standard InChI is InChI=1S/C27H29N3O/c1-20-10-8-13-22(18-20)25-27(28-23-14-6-3-7-15-23)30-17-9-16-24(26(30)29-25)31-19-21-11-4-2-5-12-21/h2,4-5,8-13,16-18,23,28H,3,6-7,14-15,19H2,1H3. The van der Waals surface area contributed by atoms with Crippen LogP contribution in [0.3, 0.4) is 0 Å². The van der Waals surface area contributed by atoms with Gasteiger partial charge in [-0.25, -0.2) is 4.98 Å². The number of aryl methyl sites for hydroxylation is 1. The van der Waals surface area contributed by atoms with Crippen molar-refractivity contribution in [2.24, 2.45) is 0 Å². The zero-order chi connectivity index (χ0) is 21.0. The van der Waals surface area contributed by atoms with Gasteiger partial charge < -0.3 is 10.1 Å². The molecule has 1 fully saturated rings. The van der Waals surface area contributed by atoms with Crippen molar-refractivity contribution >= 4 is 11.5 Å². The monoisotopic (exact) mass is 411 g/mol. The molecule has 0 spiro atoms. The van der Waals surface area contributed by atoms with Gasteiger partial charge in [-0.3, -0.25) is 4.40 Å². The molecule has 0 amide bonds. The van der Waals surface area contributed by atoms with Gasteiger partial charge in [-0.2, -0.15) is 0 Å². The van der Waals surface area contributed by atoms with E-state index in [0.29, 0.717) is 12.6 Å². The number of benzene rings is 2. The number of hydrogen-bond acceptors (Lipinski definition) is 3. The second kappa shape index (κ2) is 8.84. The highest BCUT2D eigenvalue weighted by Gasteiger charge is 2.21. The molecule has 2 aromatic heterocycles. The summed E-state index contributed by atoms with van der Waals surface area (Å²) in [5.41, 5.74) is 5.36. The minimum atomic E-state index is 0.492. The first-order chi connectivity index (χ1) is 15.3. The van der Waals surface area contributed by atoms with Crippen LogP contribution in [0.1, 0.15) is 43.2 Å². The Bertz CT molecular complexity index is 1160. The van der Waals surface area contributed by atoms with Crippen molar-refractivity contribution in [1.29, 1.82) is 0 Å². The number of anilines is 1. The van der Waals surface area contributed by atoms with Crippen molar-refractivity contribution in [2.45, 2.75) is 51.7 Å². The first-order valence-corrected chi connectivity index (χ1v) is 11.3. The number of hydrogen-bond donors (Lipinski definition) is 1. The third-order valence-corrected chi connectivity index (χ3v) is 6.09. The van der Waals surface area contributed by atoms with Gasteiger partial charge in [0.05, 0.1) is 0 Å². The van der Waals surface area contributed by atoms with E-state index >= 15 is 0 Å². The average molecular weight is 412 g/mol. The average Bonchev–Trinajstić information content (AvgIpc) is 3.18. The lowest BCUT2D eigenvalue weighted by Gasteiger charge is -2.24. The fourth-order valence-corrected chi connectivity index (χ4v) is 4.46. The van der Waals surface area contributed by atoms with Crippen LogP contribution in [0.15, 0.2) is 72.9 Å². The van der Waals surface area contributed by atoms with E-state index in [0.717, 1.165) is 34.0 Å². The molecule has 4 aromatic rings. The Morgan fingerprint density at radius 2 is 1.81 bits per heavy atom. The van der Waals surface area contributed by atoms with Gasteiger partial charge in [-0.15, -0.1) is 0 Å². The molecule has 1 N–H and O–H groups in total. The first kappa shape index (κ1) is 19.7. The second-order valence-electron chi connectivity index (χ2n) is 8.50. The molecule has 1 aliphatic carbocycles. The molecule has 0 aliphatic heterocycles. The molecule has 5 rings (SSSR count). The van der Waals surface area contributed by atoms with Crippen LogP contribution in [0, 0.1) is 6.92 Å². The summed E-state index contributed by atoms with van der Waals surface area (Å²) in [6, 6.07) is 23.4. The number of pyridine rings is 1. The first-order valence-electron chi connectivity index (χ1n) is 11.3. The third-order valence-electron chi connectivity index (χ3n) is 6.09. The number of nitrogens with one attached hydrogen (secondary N) is 1. The largest absolute Gasteiger partial charge is 0.485 e. The SMILES string of the molecule is Cc1cccc(-c2nc3c(OCc4ccccc4)cccn3c2NC2CCCCC2)c1. The Morgan fingerprint density at radius 1 is 0.968 bits per heavy atom. The number of imidazole rings is 1. The second-order valence-corrected chi connectivity index (χ2v) is 8.50. The molecule has 0 unspecified atom stereocenters. The van der Waals surface area contributed by atoms with Gasteiger partial charge in [0.25, 0.3) is 0 Å². The number of rotatable bonds is 6. The molecule has 1 aliphatic rings. The number of aromatic nitrogens is 2. The molecule has 0 atom stereocenters. The third kappa shape index (κ3) is 4.29. The minimum absolute atomic E-state index is 0.492. The lowest BCUT2D eigenvalue weighted by atomic mass is 9.95. The maximum Gasteiger partial charge on any atom is 0.181 e. The van der Waals surface area contributed by atoms with Gasteiger partial charge in [-0.1, -0.05) is 73.4 Å². The molecule has 158 valence electrons. The van der Waals surface area contributed by atoms with Crippen LogP contribution in [-0.4, -0.2) is 15.4 Å². The Kier molecular flexibility index (Phi) is 5.61. The Labute approximate surface area is 183 Å². The summed E-state index contributed by atoms with van der Waals surface area (Å²) in [4.78, 5) is 5.08. The Hall–Kier alpha value is -3.27. The van der Waals surface area contributed by atoms with Gasteiger partial charge >= 0.3 is 0 Å². The molecule has 0 saturated heterocycles. The number of nitrogens with zero attached hydrogens (tertiary/aromatic N) is 2. The predicted octanol–water partition coefficient (Wildman–Crippen LogP) is 6.63. The van der Waals surface area contributed by atoms with Gasteiger partial charge in [0.15, 0.2) is 11.4 Å². The molecule has 2 heterocycles. The van der Waals surface area contributed by atoms with Gasteiger partial charge in [-0.05, 0) is 43.5 Å². The summed E-state index contributed by atoms with van der Waals surface area (Å²) >= 11 is 0. The van der Waals surface area contributed by atoms with E-state index in [1.807, 2.05) is 30.3 Å². The van der Waals surface area contributed by atoms with Crippen molar-refractivity contribution in [3.8, 4) is 17.0 Å². The molecule has 2 aromatic carbocycles. The fourth-order valence-electron chi connectivity index (χ4n) is 4.46. The maximum absolute atomic E-state index is 6.21. The van der Waals surface area contributed by atoms with Crippen molar-refractivity contribution in [2.75, 3.05) is 5.32 Å². The highest BCUT2D eigenvalue weighted by atomic mass is 16.5.